The second-order valence-electron chi connectivity index (χ2n) is 8.71. The summed E-state index contributed by atoms with van der Waals surface area (Å²) in [5.74, 6) is -1.53. The lowest BCUT2D eigenvalue weighted by Crippen LogP contribution is -2.57. The van der Waals surface area contributed by atoms with E-state index in [-0.39, 0.29) is 18.0 Å². The largest absolute Gasteiger partial charge is 0.573 e. The molecule has 2 heterocycles. The molecular weight excluding hydrogens is 519 g/mol. The minimum absolute atomic E-state index is 0.0980. The van der Waals surface area contributed by atoms with Gasteiger partial charge in [0, 0.05) is 34.9 Å². The van der Waals surface area contributed by atoms with E-state index in [4.69, 9.17) is 4.78 Å². The molecule has 37 heavy (non-hydrogen) atoms. The summed E-state index contributed by atoms with van der Waals surface area (Å²) in [4.78, 5) is -0.0980. The zero-order valence-electron chi connectivity index (χ0n) is 18.9. The quantitative estimate of drug-likeness (QED) is 0.281. The summed E-state index contributed by atoms with van der Waals surface area (Å²) in [6.07, 6.45) is -6.08. The molecule has 1 fully saturated rings. The predicted octanol–water partition coefficient (Wildman–Crippen LogP) is 4.46. The molecule has 4 atom stereocenters. The minimum atomic E-state index is -4.89. The Morgan fingerprint density at radius 1 is 0.973 bits per heavy atom. The number of hydrogen-bond donors (Lipinski definition) is 4. The van der Waals surface area contributed by atoms with Gasteiger partial charge in [-0.15, -0.1) is 13.2 Å². The van der Waals surface area contributed by atoms with Crippen LogP contribution in [0.15, 0.2) is 65.6 Å². The van der Waals surface area contributed by atoms with E-state index in [1.165, 1.54) is 36.4 Å². The lowest BCUT2D eigenvalue weighted by Gasteiger charge is -2.37. The van der Waals surface area contributed by atoms with Gasteiger partial charge in [-0.2, -0.15) is 0 Å². The van der Waals surface area contributed by atoms with Crippen LogP contribution in [0.1, 0.15) is 6.04 Å². The molecule has 7 nitrogen and oxygen atoms in total. The SMILES string of the molecule is N=S(=O)(NC1CNCC(n2c3ccc(F)cc3c3cc(F)ccc32)C1O)c1ccc(OC(F)(F)F)cc1. The Morgan fingerprint density at radius 3 is 2.08 bits per heavy atom. The molecule has 196 valence electrons. The normalized spacial score (nSPS) is 22.3. The van der Waals surface area contributed by atoms with Crippen molar-refractivity contribution >= 4 is 31.7 Å². The van der Waals surface area contributed by atoms with Crippen LogP contribution in [0.5, 0.6) is 5.75 Å². The van der Waals surface area contributed by atoms with Crippen molar-refractivity contribution in [2.24, 2.45) is 0 Å². The number of benzene rings is 3. The summed E-state index contributed by atoms with van der Waals surface area (Å²) >= 11 is 0. The Morgan fingerprint density at radius 2 is 1.54 bits per heavy atom. The highest BCUT2D eigenvalue weighted by molar-refractivity contribution is 7.90. The first-order valence-electron chi connectivity index (χ1n) is 11.1. The van der Waals surface area contributed by atoms with Crippen molar-refractivity contribution < 1.29 is 36.0 Å². The van der Waals surface area contributed by atoms with E-state index >= 15 is 0 Å². The number of aromatic nitrogens is 1. The van der Waals surface area contributed by atoms with Gasteiger partial charge in [-0.1, -0.05) is 0 Å². The van der Waals surface area contributed by atoms with E-state index in [1.807, 2.05) is 0 Å². The van der Waals surface area contributed by atoms with Crippen molar-refractivity contribution in [3.8, 4) is 5.75 Å². The van der Waals surface area contributed by atoms with E-state index in [0.717, 1.165) is 24.3 Å². The fraction of sp³-hybridized carbons (Fsp3) is 0.250. The van der Waals surface area contributed by atoms with Gasteiger partial charge in [0.1, 0.15) is 27.3 Å². The second-order valence-corrected chi connectivity index (χ2v) is 10.5. The van der Waals surface area contributed by atoms with Crippen molar-refractivity contribution in [3.05, 3.63) is 72.3 Å². The van der Waals surface area contributed by atoms with Gasteiger partial charge in [-0.25, -0.2) is 22.5 Å². The first-order chi connectivity index (χ1) is 17.4. The molecule has 1 aliphatic rings. The van der Waals surface area contributed by atoms with Crippen molar-refractivity contribution in [2.45, 2.75) is 29.4 Å². The van der Waals surface area contributed by atoms with Crippen molar-refractivity contribution in [1.29, 1.82) is 4.78 Å². The van der Waals surface area contributed by atoms with Crippen LogP contribution >= 0.6 is 0 Å². The topological polar surface area (TPSA) is 99.4 Å². The molecule has 1 saturated heterocycles. The number of alkyl halides is 3. The van der Waals surface area contributed by atoms with Crippen LogP contribution in [0.2, 0.25) is 0 Å². The average Bonchev–Trinajstić information content (AvgIpc) is 3.12. The summed E-state index contributed by atoms with van der Waals surface area (Å²) in [6, 6.07) is 10.7. The molecule has 0 radical (unpaired) electrons. The zero-order valence-corrected chi connectivity index (χ0v) is 19.7. The van der Waals surface area contributed by atoms with Gasteiger partial charge in [0.2, 0.25) is 0 Å². The zero-order chi connectivity index (χ0) is 26.5. The highest BCUT2D eigenvalue weighted by Gasteiger charge is 2.36. The van der Waals surface area contributed by atoms with Gasteiger partial charge in [-0.05, 0) is 60.7 Å². The lowest BCUT2D eigenvalue weighted by atomic mass is 9.99. The van der Waals surface area contributed by atoms with Crippen LogP contribution in [-0.4, -0.2) is 45.5 Å². The summed E-state index contributed by atoms with van der Waals surface area (Å²) in [6.45, 7) is 0.416. The number of nitrogens with zero attached hydrogens (tertiary/aromatic N) is 1. The minimum Gasteiger partial charge on any atom is -0.406 e. The first-order valence-corrected chi connectivity index (χ1v) is 12.7. The number of aliphatic hydroxyl groups excluding tert-OH is 1. The number of halogens is 5. The molecule has 1 aliphatic heterocycles. The number of piperidine rings is 1. The van der Waals surface area contributed by atoms with Gasteiger partial charge in [0.15, 0.2) is 0 Å². The number of rotatable bonds is 5. The Kier molecular flexibility index (Phi) is 6.34. The standard InChI is InChI=1S/C24H21F5N4O3S/c25-13-1-7-20-17(9-13)18-10-14(26)2-8-21(18)33(20)22-12-31-11-19(23(22)34)32-37(30,35)16-5-3-15(4-6-16)36-24(27,28)29/h1-10,19,22-23,31,34H,11-12H2,(H2,30,32,35). The molecule has 0 spiro atoms. The van der Waals surface area contributed by atoms with Crippen LogP contribution in [0, 0.1) is 16.4 Å². The molecule has 0 saturated carbocycles. The van der Waals surface area contributed by atoms with Crippen molar-refractivity contribution in [1.82, 2.24) is 14.6 Å². The molecule has 4 aromatic rings. The number of aliphatic hydroxyl groups is 1. The van der Waals surface area contributed by atoms with Gasteiger partial charge in [0.05, 0.1) is 23.1 Å². The van der Waals surface area contributed by atoms with Crippen molar-refractivity contribution in [2.75, 3.05) is 13.1 Å². The van der Waals surface area contributed by atoms with Gasteiger partial charge >= 0.3 is 6.36 Å². The van der Waals surface area contributed by atoms with Crippen LogP contribution in [0.3, 0.4) is 0 Å². The summed E-state index contributed by atoms with van der Waals surface area (Å²) in [7, 11) is -3.74. The highest BCUT2D eigenvalue weighted by atomic mass is 32.2. The maximum absolute atomic E-state index is 14.0. The first kappa shape index (κ1) is 25.4. The van der Waals surface area contributed by atoms with E-state index in [1.54, 1.807) is 4.57 Å². The predicted molar refractivity (Wildman–Crippen MR) is 126 cm³/mol. The number of ether oxygens (including phenoxy) is 1. The highest BCUT2D eigenvalue weighted by Crippen LogP contribution is 2.35. The summed E-state index contributed by atoms with van der Waals surface area (Å²) < 4.78 is 94.9. The molecule has 0 amide bonds. The summed E-state index contributed by atoms with van der Waals surface area (Å²) in [5, 5.41) is 15.3. The molecule has 1 aromatic heterocycles. The van der Waals surface area contributed by atoms with Crippen molar-refractivity contribution in [3.63, 3.8) is 0 Å². The van der Waals surface area contributed by atoms with Gasteiger partial charge < -0.3 is 19.7 Å². The third-order valence-electron chi connectivity index (χ3n) is 6.29. The second kappa shape index (κ2) is 9.24. The fourth-order valence-corrected chi connectivity index (χ4v) is 6.03. The van der Waals surface area contributed by atoms with Crippen LogP contribution in [-0.2, 0) is 9.92 Å². The van der Waals surface area contributed by atoms with Gasteiger partial charge in [-0.3, -0.25) is 0 Å². The van der Waals surface area contributed by atoms with E-state index in [2.05, 4.69) is 14.8 Å². The number of hydrogen-bond acceptors (Lipinski definition) is 5. The maximum Gasteiger partial charge on any atom is 0.573 e. The molecule has 0 bridgehead atoms. The van der Waals surface area contributed by atoms with E-state index < -0.39 is 51.8 Å². The smallest absolute Gasteiger partial charge is 0.406 e. The van der Waals surface area contributed by atoms with E-state index in [0.29, 0.717) is 21.8 Å². The fourth-order valence-electron chi connectivity index (χ4n) is 4.72. The van der Waals surface area contributed by atoms with Crippen LogP contribution in [0.25, 0.3) is 21.8 Å². The Balaban J connectivity index is 1.45. The van der Waals surface area contributed by atoms with Gasteiger partial charge in [0.25, 0.3) is 0 Å². The lowest BCUT2D eigenvalue weighted by molar-refractivity contribution is -0.274. The van der Waals surface area contributed by atoms with E-state index in [9.17, 15) is 31.3 Å². The molecule has 13 heteroatoms. The van der Waals surface area contributed by atoms with Crippen LogP contribution < -0.4 is 14.8 Å². The van der Waals surface area contributed by atoms with Crippen LogP contribution in [0.4, 0.5) is 22.0 Å². The molecule has 0 aliphatic carbocycles. The third kappa shape index (κ3) is 4.99. The Labute approximate surface area is 207 Å². The Hall–Kier alpha value is -3.26. The Bertz CT molecular complexity index is 1510. The summed E-state index contributed by atoms with van der Waals surface area (Å²) in [5.41, 5.74) is 1.11. The number of nitrogens with one attached hydrogen (secondary N) is 3. The molecule has 4 unspecified atom stereocenters. The molecule has 3 aromatic carbocycles. The molecule has 5 rings (SSSR count). The molecular formula is C24H21F5N4O3S. The molecule has 4 N–H and O–H groups in total. The average molecular weight is 541 g/mol. The monoisotopic (exact) mass is 540 g/mol. The maximum atomic E-state index is 14.0. The third-order valence-corrected chi connectivity index (χ3v) is 7.86. The number of fused-ring (bicyclic) bond motifs is 3.